The molecule has 1 aromatic carbocycles. The number of aliphatic imine (C=N–C) groups is 1. The first-order chi connectivity index (χ1) is 11.5. The van der Waals surface area contributed by atoms with Gasteiger partial charge in [0.25, 0.3) is 0 Å². The van der Waals surface area contributed by atoms with Crippen LogP contribution >= 0.6 is 11.3 Å². The van der Waals surface area contributed by atoms with Gasteiger partial charge in [-0.25, -0.2) is 4.99 Å². The number of ether oxygens (including phenoxy) is 2. The number of nitrogens with two attached hydrogens (primary N) is 1. The van der Waals surface area contributed by atoms with Crippen LogP contribution in [0.25, 0.3) is 0 Å². The van der Waals surface area contributed by atoms with Gasteiger partial charge in [0.05, 0.1) is 20.8 Å². The lowest BCUT2D eigenvalue weighted by Gasteiger charge is -2.23. The number of guanidine groups is 1. The lowest BCUT2D eigenvalue weighted by atomic mass is 9.91. The molecule has 0 aliphatic rings. The predicted molar refractivity (Wildman–Crippen MR) is 100 cm³/mol. The topological polar surface area (TPSA) is 68.9 Å². The zero-order valence-corrected chi connectivity index (χ0v) is 15.4. The molecule has 0 spiro atoms. The summed E-state index contributed by atoms with van der Waals surface area (Å²) < 4.78 is 10.5. The normalized spacial score (nSPS) is 12.1. The van der Waals surface area contributed by atoms with E-state index in [1.807, 2.05) is 18.2 Å². The quantitative estimate of drug-likeness (QED) is 0.596. The molecule has 3 N–H and O–H groups in total. The summed E-state index contributed by atoms with van der Waals surface area (Å²) >= 11 is 1.75. The second-order valence-corrected chi connectivity index (χ2v) is 7.05. The summed E-state index contributed by atoms with van der Waals surface area (Å²) in [4.78, 5) is 5.72. The molecule has 130 valence electrons. The van der Waals surface area contributed by atoms with Gasteiger partial charge in [-0.05, 0) is 29.1 Å². The minimum atomic E-state index is 0.0115. The Morgan fingerprint density at radius 3 is 2.58 bits per heavy atom. The van der Waals surface area contributed by atoms with Gasteiger partial charge in [0.15, 0.2) is 17.5 Å². The summed E-state index contributed by atoms with van der Waals surface area (Å²) in [5, 5.41) is 5.30. The molecule has 2 aromatic rings. The van der Waals surface area contributed by atoms with E-state index in [0.29, 0.717) is 24.0 Å². The van der Waals surface area contributed by atoms with E-state index in [-0.39, 0.29) is 5.41 Å². The summed E-state index contributed by atoms with van der Waals surface area (Å²) in [6.07, 6.45) is 0. The molecular formula is C18H25N3O2S. The standard InChI is InChI=1S/C18H25N3O2S/c1-18(2,16-6-5-9-24-16)12-21-17(19)20-11-13-7-8-14(22-3)15(10-13)23-4/h5-10H,11-12H2,1-4H3,(H3,19,20,21). The maximum absolute atomic E-state index is 6.00. The third kappa shape index (κ3) is 4.64. The molecule has 0 bridgehead atoms. The van der Waals surface area contributed by atoms with E-state index in [4.69, 9.17) is 15.2 Å². The van der Waals surface area contributed by atoms with E-state index in [1.165, 1.54) is 4.88 Å². The Hall–Kier alpha value is -2.21. The lowest BCUT2D eigenvalue weighted by molar-refractivity contribution is 0.354. The average Bonchev–Trinajstić information content (AvgIpc) is 3.13. The maximum Gasteiger partial charge on any atom is 0.188 e. The average molecular weight is 347 g/mol. The molecule has 24 heavy (non-hydrogen) atoms. The molecule has 0 saturated carbocycles. The van der Waals surface area contributed by atoms with Crippen molar-refractivity contribution in [3.63, 3.8) is 0 Å². The van der Waals surface area contributed by atoms with Gasteiger partial charge in [-0.2, -0.15) is 0 Å². The highest BCUT2D eigenvalue weighted by molar-refractivity contribution is 7.10. The van der Waals surface area contributed by atoms with Crippen molar-refractivity contribution in [2.45, 2.75) is 25.8 Å². The van der Waals surface area contributed by atoms with E-state index >= 15 is 0 Å². The first-order valence-electron chi connectivity index (χ1n) is 7.75. The fourth-order valence-electron chi connectivity index (χ4n) is 2.27. The largest absolute Gasteiger partial charge is 0.493 e. The zero-order valence-electron chi connectivity index (χ0n) is 14.6. The van der Waals surface area contributed by atoms with Gasteiger partial charge >= 0.3 is 0 Å². The Kier molecular flexibility index (Phi) is 6.09. The highest BCUT2D eigenvalue weighted by atomic mass is 32.1. The molecule has 6 heteroatoms. The van der Waals surface area contributed by atoms with Crippen LogP contribution in [-0.4, -0.2) is 26.7 Å². The lowest BCUT2D eigenvalue weighted by Crippen LogP contribution is -2.40. The molecule has 0 atom stereocenters. The Balaban J connectivity index is 1.94. The van der Waals surface area contributed by atoms with Gasteiger partial charge in [-0.15, -0.1) is 11.3 Å². The molecule has 0 fully saturated rings. The number of methoxy groups -OCH3 is 2. The zero-order chi connectivity index (χ0) is 17.6. The van der Waals surface area contributed by atoms with Crippen molar-refractivity contribution in [2.75, 3.05) is 20.8 Å². The SMILES string of the molecule is COc1ccc(CN=C(N)NCC(C)(C)c2cccs2)cc1OC. The third-order valence-electron chi connectivity index (χ3n) is 3.78. The monoisotopic (exact) mass is 347 g/mol. The van der Waals surface area contributed by atoms with Crippen LogP contribution in [0.4, 0.5) is 0 Å². The molecule has 0 saturated heterocycles. The second kappa shape index (κ2) is 8.06. The van der Waals surface area contributed by atoms with Crippen molar-refractivity contribution in [3.05, 3.63) is 46.2 Å². The molecule has 0 aliphatic carbocycles. The first-order valence-corrected chi connectivity index (χ1v) is 8.63. The molecular weight excluding hydrogens is 322 g/mol. The maximum atomic E-state index is 6.00. The van der Waals surface area contributed by atoms with Gasteiger partial charge in [0.2, 0.25) is 0 Å². The summed E-state index contributed by atoms with van der Waals surface area (Å²) in [5.74, 6) is 1.83. The fraction of sp³-hybridized carbons (Fsp3) is 0.389. The molecule has 0 unspecified atom stereocenters. The minimum absolute atomic E-state index is 0.0115. The van der Waals surface area contributed by atoms with Crippen molar-refractivity contribution in [3.8, 4) is 11.5 Å². The van der Waals surface area contributed by atoms with Crippen LogP contribution in [0.2, 0.25) is 0 Å². The number of thiophene rings is 1. The second-order valence-electron chi connectivity index (χ2n) is 6.11. The van der Waals surface area contributed by atoms with E-state index in [0.717, 1.165) is 12.1 Å². The minimum Gasteiger partial charge on any atom is -0.493 e. The number of rotatable bonds is 7. The van der Waals surface area contributed by atoms with Crippen LogP contribution in [0, 0.1) is 0 Å². The van der Waals surface area contributed by atoms with E-state index in [1.54, 1.807) is 25.6 Å². The van der Waals surface area contributed by atoms with Crippen molar-refractivity contribution >= 4 is 17.3 Å². The summed E-state index contributed by atoms with van der Waals surface area (Å²) in [6, 6.07) is 9.94. The van der Waals surface area contributed by atoms with Gasteiger partial charge in [-0.1, -0.05) is 26.0 Å². The summed E-state index contributed by atoms with van der Waals surface area (Å²) in [6.45, 7) is 5.59. The Labute approximate surface area is 147 Å². The van der Waals surface area contributed by atoms with Crippen LogP contribution < -0.4 is 20.5 Å². The van der Waals surface area contributed by atoms with Gasteiger partial charge in [-0.3, -0.25) is 0 Å². The van der Waals surface area contributed by atoms with E-state index in [2.05, 4.69) is 41.7 Å². The number of nitrogens with zero attached hydrogens (tertiary/aromatic N) is 1. The van der Waals surface area contributed by atoms with Crippen LogP contribution in [0.5, 0.6) is 11.5 Å². The number of hydrogen-bond acceptors (Lipinski definition) is 4. The van der Waals surface area contributed by atoms with Gasteiger partial charge < -0.3 is 20.5 Å². The van der Waals surface area contributed by atoms with Crippen molar-refractivity contribution in [1.29, 1.82) is 0 Å². The Bertz CT molecular complexity index is 682. The fourth-order valence-corrected chi connectivity index (χ4v) is 3.13. The molecule has 1 aromatic heterocycles. The highest BCUT2D eigenvalue weighted by Gasteiger charge is 2.21. The molecule has 0 aliphatic heterocycles. The number of benzene rings is 1. The van der Waals surface area contributed by atoms with Gasteiger partial charge in [0.1, 0.15) is 0 Å². The van der Waals surface area contributed by atoms with E-state index in [9.17, 15) is 0 Å². The summed E-state index contributed by atoms with van der Waals surface area (Å²) in [7, 11) is 3.24. The third-order valence-corrected chi connectivity index (χ3v) is 5.02. The Morgan fingerprint density at radius 1 is 1.21 bits per heavy atom. The van der Waals surface area contributed by atoms with Gasteiger partial charge in [0, 0.05) is 16.8 Å². The number of nitrogens with one attached hydrogen (secondary N) is 1. The van der Waals surface area contributed by atoms with Crippen LogP contribution in [0.3, 0.4) is 0 Å². The van der Waals surface area contributed by atoms with Crippen molar-refractivity contribution in [2.24, 2.45) is 10.7 Å². The van der Waals surface area contributed by atoms with Crippen molar-refractivity contribution in [1.82, 2.24) is 5.32 Å². The first kappa shape index (κ1) is 18.1. The highest BCUT2D eigenvalue weighted by Crippen LogP contribution is 2.28. The predicted octanol–water partition coefficient (Wildman–Crippen LogP) is 3.15. The molecule has 2 rings (SSSR count). The van der Waals surface area contributed by atoms with Crippen molar-refractivity contribution < 1.29 is 9.47 Å². The van der Waals surface area contributed by atoms with Crippen LogP contribution in [0.1, 0.15) is 24.3 Å². The molecule has 0 amide bonds. The Morgan fingerprint density at radius 2 is 1.96 bits per heavy atom. The molecule has 1 heterocycles. The van der Waals surface area contributed by atoms with E-state index < -0.39 is 0 Å². The summed E-state index contributed by atoms with van der Waals surface area (Å²) in [5.41, 5.74) is 7.02. The smallest absolute Gasteiger partial charge is 0.188 e. The number of hydrogen-bond donors (Lipinski definition) is 2. The molecule has 5 nitrogen and oxygen atoms in total. The molecule has 0 radical (unpaired) electrons. The van der Waals surface area contributed by atoms with Crippen LogP contribution in [-0.2, 0) is 12.0 Å². The van der Waals surface area contributed by atoms with Crippen LogP contribution in [0.15, 0.2) is 40.7 Å².